The van der Waals surface area contributed by atoms with Crippen LogP contribution in [0, 0.1) is 0 Å². The van der Waals surface area contributed by atoms with Crippen LogP contribution in [0.2, 0.25) is 0 Å². The summed E-state index contributed by atoms with van der Waals surface area (Å²) in [5, 5.41) is 13.6. The number of carbonyl (C=O) groups is 2. The zero-order valence-electron chi connectivity index (χ0n) is 16.5. The number of aromatic nitrogens is 2. The van der Waals surface area contributed by atoms with Crippen LogP contribution in [-0.4, -0.2) is 69.9 Å². The molecule has 0 spiro atoms. The van der Waals surface area contributed by atoms with Crippen LogP contribution in [0.15, 0.2) is 35.9 Å². The maximum atomic E-state index is 12.5. The number of carboxylic acid groups (broad SMARTS) is 1. The van der Waals surface area contributed by atoms with E-state index in [1.165, 1.54) is 0 Å². The summed E-state index contributed by atoms with van der Waals surface area (Å²) < 4.78 is 33.8. The van der Waals surface area contributed by atoms with Crippen molar-refractivity contribution < 1.29 is 27.9 Å². The average Bonchev–Trinajstić information content (AvgIpc) is 3.35. The maximum absolute atomic E-state index is 12.5. The van der Waals surface area contributed by atoms with Crippen molar-refractivity contribution in [2.45, 2.75) is 25.2 Å². The molecule has 11 heteroatoms. The molecule has 0 bridgehead atoms. The average molecular weight is 444 g/mol. The normalized spacial score (nSPS) is 16.3. The SMILES string of the molecule is CN(C)CCC1CN(C(=O)/C=C/c2cccs2)Cc2ccnn21.O=C(O)C(F)(F)F. The second kappa shape index (κ2) is 10.4. The summed E-state index contributed by atoms with van der Waals surface area (Å²) >= 11 is 1.64. The van der Waals surface area contributed by atoms with Crippen molar-refractivity contribution in [2.75, 3.05) is 27.2 Å². The second-order valence-corrected chi connectivity index (χ2v) is 7.86. The smallest absolute Gasteiger partial charge is 0.475 e. The topological polar surface area (TPSA) is 78.7 Å². The van der Waals surface area contributed by atoms with Crippen molar-refractivity contribution in [3.63, 3.8) is 0 Å². The van der Waals surface area contributed by atoms with Gasteiger partial charge in [0.2, 0.25) is 5.91 Å². The number of thiophene rings is 1. The quantitative estimate of drug-likeness (QED) is 0.717. The lowest BCUT2D eigenvalue weighted by molar-refractivity contribution is -0.192. The fraction of sp³-hybridized carbons (Fsp3) is 0.421. The Balaban J connectivity index is 0.000000396. The summed E-state index contributed by atoms with van der Waals surface area (Å²) in [7, 11) is 4.14. The number of amides is 1. The van der Waals surface area contributed by atoms with Gasteiger partial charge >= 0.3 is 12.1 Å². The van der Waals surface area contributed by atoms with E-state index >= 15 is 0 Å². The first-order valence-electron chi connectivity index (χ1n) is 9.05. The standard InChI is InChI=1S/C17H22N4OS.C2HF3O2/c1-19(2)10-8-15-13-20(12-14-7-9-18-21(14)15)17(22)6-5-16-4-3-11-23-16;3-2(4,5)1(6)7/h3-7,9,11,15H,8,10,12-13H2,1-2H3;(H,6,7)/b6-5+;. The number of hydrogen-bond acceptors (Lipinski definition) is 5. The van der Waals surface area contributed by atoms with Crippen LogP contribution >= 0.6 is 11.3 Å². The molecule has 3 heterocycles. The lowest BCUT2D eigenvalue weighted by atomic mass is 10.1. The number of rotatable bonds is 5. The van der Waals surface area contributed by atoms with Gasteiger partial charge in [0, 0.05) is 23.7 Å². The molecular formula is C19H23F3N4O3S. The minimum atomic E-state index is -5.08. The molecule has 1 amide bonds. The molecule has 0 saturated heterocycles. The molecule has 0 fully saturated rings. The largest absolute Gasteiger partial charge is 0.490 e. The summed E-state index contributed by atoms with van der Waals surface area (Å²) in [5.41, 5.74) is 1.11. The number of aliphatic carboxylic acids is 1. The first-order valence-corrected chi connectivity index (χ1v) is 9.93. The molecule has 1 atom stereocenters. The zero-order chi connectivity index (χ0) is 22.3. The summed E-state index contributed by atoms with van der Waals surface area (Å²) in [6.07, 6.45) is 1.31. The van der Waals surface area contributed by atoms with E-state index in [2.05, 4.69) is 28.8 Å². The first kappa shape index (κ1) is 23.6. The van der Waals surface area contributed by atoms with Gasteiger partial charge in [-0.3, -0.25) is 9.48 Å². The molecule has 164 valence electrons. The molecule has 0 aliphatic carbocycles. The van der Waals surface area contributed by atoms with Crippen molar-refractivity contribution in [3.05, 3.63) is 46.4 Å². The molecule has 7 nitrogen and oxygen atoms in total. The highest BCUT2D eigenvalue weighted by atomic mass is 32.1. The van der Waals surface area contributed by atoms with E-state index in [1.807, 2.05) is 40.8 Å². The van der Waals surface area contributed by atoms with Gasteiger partial charge in [-0.05, 0) is 50.6 Å². The minimum absolute atomic E-state index is 0.0701. The van der Waals surface area contributed by atoms with Crippen molar-refractivity contribution in [3.8, 4) is 0 Å². The van der Waals surface area contributed by atoms with Gasteiger partial charge in [0.05, 0.1) is 18.3 Å². The molecule has 0 saturated carbocycles. The molecule has 3 rings (SSSR count). The van der Waals surface area contributed by atoms with Crippen LogP contribution in [0.25, 0.3) is 6.08 Å². The van der Waals surface area contributed by atoms with Crippen LogP contribution in [0.4, 0.5) is 13.2 Å². The molecule has 0 aromatic carbocycles. The van der Waals surface area contributed by atoms with Crippen molar-refractivity contribution >= 4 is 29.3 Å². The predicted molar refractivity (Wildman–Crippen MR) is 107 cm³/mol. The van der Waals surface area contributed by atoms with Gasteiger partial charge < -0.3 is 14.9 Å². The zero-order valence-corrected chi connectivity index (χ0v) is 17.4. The third-order valence-electron chi connectivity index (χ3n) is 4.28. The van der Waals surface area contributed by atoms with Gasteiger partial charge in [0.1, 0.15) is 0 Å². The molecule has 1 N–H and O–H groups in total. The van der Waals surface area contributed by atoms with Crippen LogP contribution in [0.5, 0.6) is 0 Å². The van der Waals surface area contributed by atoms with Gasteiger partial charge in [-0.15, -0.1) is 11.3 Å². The lowest BCUT2D eigenvalue weighted by Gasteiger charge is -2.34. The Morgan fingerprint density at radius 2 is 2.07 bits per heavy atom. The third-order valence-corrected chi connectivity index (χ3v) is 5.12. The highest BCUT2D eigenvalue weighted by Gasteiger charge is 2.38. The minimum Gasteiger partial charge on any atom is -0.475 e. The van der Waals surface area contributed by atoms with E-state index in [-0.39, 0.29) is 11.9 Å². The van der Waals surface area contributed by atoms with Crippen molar-refractivity contribution in [1.29, 1.82) is 0 Å². The van der Waals surface area contributed by atoms with Gasteiger partial charge in [0.25, 0.3) is 0 Å². The Morgan fingerprint density at radius 1 is 1.37 bits per heavy atom. The van der Waals surface area contributed by atoms with E-state index in [1.54, 1.807) is 17.4 Å². The molecular weight excluding hydrogens is 421 g/mol. The van der Waals surface area contributed by atoms with Crippen LogP contribution in [-0.2, 0) is 16.1 Å². The number of fused-ring (bicyclic) bond motifs is 1. The molecule has 30 heavy (non-hydrogen) atoms. The number of nitrogens with zero attached hydrogens (tertiary/aromatic N) is 4. The van der Waals surface area contributed by atoms with Gasteiger partial charge in [0.15, 0.2) is 0 Å². The highest BCUT2D eigenvalue weighted by Crippen LogP contribution is 2.23. The lowest BCUT2D eigenvalue weighted by Crippen LogP contribution is -2.41. The van der Waals surface area contributed by atoms with E-state index in [9.17, 15) is 18.0 Å². The van der Waals surface area contributed by atoms with Crippen LogP contribution in [0.3, 0.4) is 0 Å². The number of carboxylic acids is 1. The summed E-state index contributed by atoms with van der Waals surface area (Å²) in [6, 6.07) is 6.26. The number of halogens is 3. The van der Waals surface area contributed by atoms with Gasteiger partial charge in [-0.2, -0.15) is 18.3 Å². The molecule has 2 aromatic heterocycles. The van der Waals surface area contributed by atoms with E-state index < -0.39 is 12.1 Å². The monoisotopic (exact) mass is 444 g/mol. The van der Waals surface area contributed by atoms with Crippen LogP contribution in [0.1, 0.15) is 23.0 Å². The molecule has 0 radical (unpaired) electrons. The van der Waals surface area contributed by atoms with E-state index in [4.69, 9.17) is 9.90 Å². The third kappa shape index (κ3) is 6.99. The van der Waals surface area contributed by atoms with E-state index in [0.717, 1.165) is 30.1 Å². The van der Waals surface area contributed by atoms with Gasteiger partial charge in [-0.1, -0.05) is 6.07 Å². The molecule has 2 aromatic rings. The molecule has 1 unspecified atom stereocenters. The first-order chi connectivity index (χ1) is 14.1. The Morgan fingerprint density at radius 3 is 2.63 bits per heavy atom. The number of carbonyl (C=O) groups excluding carboxylic acids is 1. The fourth-order valence-electron chi connectivity index (χ4n) is 2.82. The number of hydrogen-bond donors (Lipinski definition) is 1. The summed E-state index contributed by atoms with van der Waals surface area (Å²) in [5.74, 6) is -2.69. The van der Waals surface area contributed by atoms with Gasteiger partial charge in [-0.25, -0.2) is 4.79 Å². The van der Waals surface area contributed by atoms with E-state index in [0.29, 0.717) is 6.54 Å². The summed E-state index contributed by atoms with van der Waals surface area (Å²) in [4.78, 5) is 26.6. The Bertz CT molecular complexity index is 863. The Hall–Kier alpha value is -2.66. The summed E-state index contributed by atoms with van der Waals surface area (Å²) in [6.45, 7) is 2.33. The second-order valence-electron chi connectivity index (χ2n) is 6.88. The predicted octanol–water partition coefficient (Wildman–Crippen LogP) is 3.13. The molecule has 1 aliphatic rings. The maximum Gasteiger partial charge on any atom is 0.490 e. The fourth-order valence-corrected chi connectivity index (χ4v) is 3.44. The Labute approximate surface area is 176 Å². The van der Waals surface area contributed by atoms with Crippen molar-refractivity contribution in [2.24, 2.45) is 0 Å². The highest BCUT2D eigenvalue weighted by molar-refractivity contribution is 7.10. The van der Waals surface area contributed by atoms with Crippen molar-refractivity contribution in [1.82, 2.24) is 19.6 Å². The number of alkyl halides is 3. The Kier molecular flexibility index (Phi) is 8.18. The molecule has 1 aliphatic heterocycles. The van der Waals surface area contributed by atoms with Crippen LogP contribution < -0.4 is 0 Å².